The average Bonchev–Trinajstić information content (AvgIpc) is 3.19. The van der Waals surface area contributed by atoms with Crippen molar-refractivity contribution < 1.29 is 48.8 Å². The second kappa shape index (κ2) is 18.5. The highest BCUT2D eigenvalue weighted by Gasteiger charge is 2.22. The number of nitrogens with zero attached hydrogens (tertiary/aromatic N) is 6. The van der Waals surface area contributed by atoms with Gasteiger partial charge in [-0.3, -0.25) is 13.7 Å². The van der Waals surface area contributed by atoms with Gasteiger partial charge < -0.3 is 20.9 Å². The smallest absolute Gasteiger partial charge is 0.296 e. The zero-order valence-corrected chi connectivity index (χ0v) is 36.2. The number of phenolic OH excluding ortho intramolecular Hbond substituents is 1. The molecule has 0 aromatic heterocycles. The number of benzene rings is 5. The highest BCUT2D eigenvalue weighted by Crippen LogP contribution is 2.40. The number of aryl methyl sites for hydroxylation is 4. The van der Waals surface area contributed by atoms with Gasteiger partial charge in [-0.1, -0.05) is 6.08 Å². The fourth-order valence-corrected chi connectivity index (χ4v) is 7.54. The predicted molar refractivity (Wildman–Crippen MR) is 232 cm³/mol. The SMILES string of the molecule is C/C=C(\C=C/c1ccc(S(=O)(=O)O)c(N=Nc2cc(C)c(/N=N\c3cc(C)c(N=Nc4ccc(OC)cc4S(=O)(=O)O)cc3C)cc2C)c1O)Nc1ccc(N)c(S(=O)(=O)O)c1. The van der Waals surface area contributed by atoms with Crippen LogP contribution in [0.2, 0.25) is 0 Å². The molecule has 0 aliphatic heterocycles. The van der Waals surface area contributed by atoms with Crippen LogP contribution in [0.1, 0.15) is 34.7 Å². The summed E-state index contributed by atoms with van der Waals surface area (Å²) in [6.45, 7) is 8.63. The van der Waals surface area contributed by atoms with Crippen LogP contribution in [0.3, 0.4) is 0 Å². The molecule has 0 aliphatic rings. The number of ether oxygens (including phenoxy) is 1. The Labute approximate surface area is 357 Å². The molecular weight excluding hydrogens is 865 g/mol. The van der Waals surface area contributed by atoms with E-state index in [0.717, 1.165) is 18.2 Å². The molecule has 0 aliphatic carbocycles. The van der Waals surface area contributed by atoms with E-state index in [9.17, 15) is 44.0 Å². The molecule has 0 bridgehead atoms. The molecule has 22 heteroatoms. The van der Waals surface area contributed by atoms with Crippen molar-refractivity contribution in [2.24, 2.45) is 30.7 Å². The van der Waals surface area contributed by atoms with E-state index < -0.39 is 56.5 Å². The van der Waals surface area contributed by atoms with E-state index in [1.807, 2.05) is 0 Å². The summed E-state index contributed by atoms with van der Waals surface area (Å²) in [6.07, 6.45) is 4.51. The zero-order valence-electron chi connectivity index (χ0n) is 33.8. The minimum absolute atomic E-state index is 0.0808. The first-order valence-corrected chi connectivity index (χ1v) is 22.3. The average molecular weight is 905 g/mol. The molecule has 324 valence electrons. The Morgan fingerprint density at radius 2 is 1.10 bits per heavy atom. The number of anilines is 2. The van der Waals surface area contributed by atoms with Crippen molar-refractivity contribution in [3.8, 4) is 11.5 Å². The lowest BCUT2D eigenvalue weighted by Gasteiger charge is -2.11. The number of nitrogens with two attached hydrogens (primary N) is 1. The van der Waals surface area contributed by atoms with E-state index in [-0.39, 0.29) is 34.1 Å². The van der Waals surface area contributed by atoms with Crippen LogP contribution in [0, 0.1) is 27.7 Å². The summed E-state index contributed by atoms with van der Waals surface area (Å²) in [5, 5.41) is 39.4. The highest BCUT2D eigenvalue weighted by molar-refractivity contribution is 7.86. The Balaban J connectivity index is 1.39. The van der Waals surface area contributed by atoms with Crippen molar-refractivity contribution in [3.63, 3.8) is 0 Å². The van der Waals surface area contributed by atoms with Gasteiger partial charge in [0.2, 0.25) is 0 Å². The van der Waals surface area contributed by atoms with Crippen molar-refractivity contribution in [3.05, 3.63) is 118 Å². The predicted octanol–water partition coefficient (Wildman–Crippen LogP) is 10.2. The first-order chi connectivity index (χ1) is 29.0. The van der Waals surface area contributed by atoms with E-state index in [2.05, 4.69) is 36.0 Å². The van der Waals surface area contributed by atoms with Gasteiger partial charge in [-0.2, -0.15) is 45.7 Å². The van der Waals surface area contributed by atoms with Crippen molar-refractivity contribution >= 4 is 81.9 Å². The van der Waals surface area contributed by atoms with Crippen molar-refractivity contribution in [1.29, 1.82) is 0 Å². The maximum Gasteiger partial charge on any atom is 0.296 e. The van der Waals surface area contributed by atoms with Crippen LogP contribution in [0.25, 0.3) is 6.08 Å². The molecule has 62 heavy (non-hydrogen) atoms. The van der Waals surface area contributed by atoms with Crippen LogP contribution in [-0.2, 0) is 30.4 Å². The number of phenols is 1. The van der Waals surface area contributed by atoms with Crippen LogP contribution < -0.4 is 15.8 Å². The van der Waals surface area contributed by atoms with E-state index >= 15 is 0 Å². The van der Waals surface area contributed by atoms with Crippen LogP contribution in [-0.4, -0.2) is 51.1 Å². The Hall–Kier alpha value is -6.69. The van der Waals surface area contributed by atoms with Crippen molar-refractivity contribution in [2.75, 3.05) is 18.2 Å². The van der Waals surface area contributed by atoms with Gasteiger partial charge in [0.25, 0.3) is 30.4 Å². The molecule has 5 rings (SSSR count). The number of rotatable bonds is 14. The van der Waals surface area contributed by atoms with Crippen LogP contribution in [0.5, 0.6) is 11.5 Å². The summed E-state index contributed by atoms with van der Waals surface area (Å²) >= 11 is 0. The minimum Gasteiger partial charge on any atom is -0.505 e. The third-order valence-electron chi connectivity index (χ3n) is 9.02. The molecule has 0 fully saturated rings. The van der Waals surface area contributed by atoms with E-state index in [4.69, 9.17) is 10.5 Å². The Kier molecular flexibility index (Phi) is 13.8. The second-order valence-corrected chi connectivity index (χ2v) is 17.7. The van der Waals surface area contributed by atoms with Gasteiger partial charge in [-0.15, -0.1) is 10.2 Å². The number of nitrogen functional groups attached to an aromatic ring is 1. The van der Waals surface area contributed by atoms with Gasteiger partial charge in [0.1, 0.15) is 31.8 Å². The minimum atomic E-state index is -4.88. The van der Waals surface area contributed by atoms with Gasteiger partial charge in [0.15, 0.2) is 5.75 Å². The molecule has 0 saturated heterocycles. The number of methoxy groups -OCH3 is 1. The number of hydrogen-bond donors (Lipinski definition) is 6. The summed E-state index contributed by atoms with van der Waals surface area (Å²) in [6, 6.07) is 16.9. The molecule has 0 spiro atoms. The van der Waals surface area contributed by atoms with Gasteiger partial charge in [0.05, 0.1) is 35.5 Å². The molecular formula is C40H40N8O11S3. The number of hydrogen-bond acceptors (Lipinski definition) is 16. The Morgan fingerprint density at radius 3 is 1.56 bits per heavy atom. The Morgan fingerprint density at radius 1 is 0.613 bits per heavy atom. The van der Waals surface area contributed by atoms with E-state index in [1.165, 1.54) is 49.6 Å². The van der Waals surface area contributed by atoms with Crippen LogP contribution in [0.15, 0.2) is 136 Å². The molecule has 0 atom stereocenters. The monoisotopic (exact) mass is 904 g/mol. The fourth-order valence-electron chi connectivity index (χ4n) is 5.64. The lowest BCUT2D eigenvalue weighted by atomic mass is 10.1. The van der Waals surface area contributed by atoms with Gasteiger partial charge >= 0.3 is 0 Å². The molecule has 0 radical (unpaired) electrons. The lowest BCUT2D eigenvalue weighted by molar-refractivity contribution is 0.412. The summed E-state index contributed by atoms with van der Waals surface area (Å²) in [5.41, 5.74) is 9.75. The molecule has 0 saturated carbocycles. The molecule has 19 nitrogen and oxygen atoms in total. The standard InChI is InChI=1S/C40H40N8O11S3/c1-7-27(42-28-11-13-30(41)37(20-28)61(53,54)55)10-8-26-9-15-36(60(50,51)52)39(40(26)49)48-47-35-19-24(4)34(18-25(35)5)46-45-33-17-22(2)32(16-23(33)3)44-43-31-14-12-29(59-6)21-38(31)62(56,57)58/h7-21,42,49H,41H2,1-6H3,(H,50,51,52)(H,53,54,55)(H,56,57,58)/b10-8-,27-7+,44-43?,46-45-,48-47?. The first kappa shape index (κ1) is 46.4. The van der Waals surface area contributed by atoms with Crippen molar-refractivity contribution in [2.45, 2.75) is 49.3 Å². The van der Waals surface area contributed by atoms with E-state index in [1.54, 1.807) is 65.0 Å². The van der Waals surface area contributed by atoms with Gasteiger partial charge in [0, 0.05) is 23.0 Å². The Bertz CT molecular complexity index is 3090. The lowest BCUT2D eigenvalue weighted by Crippen LogP contribution is -2.05. The van der Waals surface area contributed by atoms with Gasteiger partial charge in [-0.05, 0) is 136 Å². The summed E-state index contributed by atoms with van der Waals surface area (Å²) in [4.78, 5) is -1.67. The third kappa shape index (κ3) is 11.2. The quantitative estimate of drug-likeness (QED) is 0.0262. The second-order valence-electron chi connectivity index (χ2n) is 13.5. The van der Waals surface area contributed by atoms with Crippen LogP contribution >= 0.6 is 0 Å². The summed E-state index contributed by atoms with van der Waals surface area (Å²) in [7, 11) is -12.8. The normalized spacial score (nSPS) is 13.0. The topological polar surface area (TPSA) is 305 Å². The largest absolute Gasteiger partial charge is 0.505 e. The molecule has 0 amide bonds. The molecule has 7 N–H and O–H groups in total. The summed E-state index contributed by atoms with van der Waals surface area (Å²) in [5.74, 6) is -0.418. The molecule has 5 aromatic rings. The number of allylic oxidation sites excluding steroid dienone is 2. The van der Waals surface area contributed by atoms with Crippen LogP contribution in [0.4, 0.5) is 45.5 Å². The zero-order chi connectivity index (χ0) is 45.7. The maximum absolute atomic E-state index is 12.3. The maximum atomic E-state index is 12.3. The first-order valence-electron chi connectivity index (χ1n) is 17.9. The molecule has 0 heterocycles. The number of nitrogens with one attached hydrogen (secondary N) is 1. The number of aromatic hydroxyl groups is 1. The molecule has 0 unspecified atom stereocenters. The molecule has 5 aromatic carbocycles. The summed E-state index contributed by atoms with van der Waals surface area (Å²) < 4.78 is 106. The third-order valence-corrected chi connectivity index (χ3v) is 11.7. The highest BCUT2D eigenvalue weighted by atomic mass is 32.2. The van der Waals surface area contributed by atoms with Gasteiger partial charge in [-0.25, -0.2) is 0 Å². The fraction of sp³-hybridized carbons (Fsp3) is 0.150. The number of azo groups is 3. The van der Waals surface area contributed by atoms with Crippen molar-refractivity contribution in [1.82, 2.24) is 0 Å². The van der Waals surface area contributed by atoms with E-state index in [0.29, 0.717) is 45.0 Å².